The van der Waals surface area contributed by atoms with Crippen LogP contribution in [0.25, 0.3) is 0 Å². The van der Waals surface area contributed by atoms with Gasteiger partial charge in [0.1, 0.15) is 5.69 Å². The Hall–Kier alpha value is -2.21. The van der Waals surface area contributed by atoms with Gasteiger partial charge in [-0.25, -0.2) is 0 Å². The Kier molecular flexibility index (Phi) is 5.56. The lowest BCUT2D eigenvalue weighted by atomic mass is 10.1. The highest BCUT2D eigenvalue weighted by Gasteiger charge is 2.41. The van der Waals surface area contributed by atoms with Crippen LogP contribution >= 0.6 is 31.9 Å². The van der Waals surface area contributed by atoms with Crippen LogP contribution in [0.3, 0.4) is 0 Å². The van der Waals surface area contributed by atoms with Gasteiger partial charge in [0.2, 0.25) is 0 Å². The highest BCUT2D eigenvalue weighted by atomic mass is 79.9. The van der Waals surface area contributed by atoms with Crippen molar-refractivity contribution in [3.8, 4) is 0 Å². The maximum atomic E-state index is 13.5. The molecule has 0 amide bonds. The number of halogens is 5. The first-order valence-corrected chi connectivity index (χ1v) is 8.25. The van der Waals surface area contributed by atoms with E-state index in [1.54, 1.807) is 12.1 Å². The predicted octanol–water partition coefficient (Wildman–Crippen LogP) is 5.81. The molecule has 0 fully saturated rings. The van der Waals surface area contributed by atoms with Crippen LogP contribution in [-0.4, -0.2) is 16.9 Å². The summed E-state index contributed by atoms with van der Waals surface area (Å²) in [6, 6.07) is 5.33. The summed E-state index contributed by atoms with van der Waals surface area (Å²) in [6.07, 6.45) is -5.04. The standard InChI is InChI=1S/C14H8Br2F3N3O4/c1-20(11-3-2-7(15)4-10(11)16)13-9(14(17,18)19)5-8(21(23)24)6-12(13)22(25)26/h2-6H,1H3. The van der Waals surface area contributed by atoms with Crippen molar-refractivity contribution in [2.75, 3.05) is 11.9 Å². The van der Waals surface area contributed by atoms with Gasteiger partial charge < -0.3 is 4.90 Å². The molecule has 0 saturated heterocycles. The number of nitro benzene ring substituents is 2. The van der Waals surface area contributed by atoms with Crippen molar-refractivity contribution in [2.24, 2.45) is 0 Å². The summed E-state index contributed by atoms with van der Waals surface area (Å²) in [5, 5.41) is 22.2. The molecular formula is C14H8Br2F3N3O4. The Bertz CT molecular complexity index is 906. The maximum absolute atomic E-state index is 13.5. The van der Waals surface area contributed by atoms with Gasteiger partial charge >= 0.3 is 6.18 Å². The predicted molar refractivity (Wildman–Crippen MR) is 94.7 cm³/mol. The van der Waals surface area contributed by atoms with Crippen LogP contribution in [0.5, 0.6) is 0 Å². The number of benzene rings is 2. The number of rotatable bonds is 4. The van der Waals surface area contributed by atoms with Gasteiger partial charge in [-0.05, 0) is 34.1 Å². The van der Waals surface area contributed by atoms with Gasteiger partial charge in [0.05, 0.1) is 27.2 Å². The summed E-state index contributed by atoms with van der Waals surface area (Å²) in [7, 11) is 1.21. The molecule has 0 bridgehead atoms. The highest BCUT2D eigenvalue weighted by Crippen LogP contribution is 2.47. The molecule has 2 aromatic carbocycles. The SMILES string of the molecule is CN(c1ccc(Br)cc1Br)c1c([N+](=O)[O-])cc([N+](=O)[O-])cc1C(F)(F)F. The summed E-state index contributed by atoms with van der Waals surface area (Å²) in [4.78, 5) is 21.0. The van der Waals surface area contributed by atoms with E-state index in [-0.39, 0.29) is 11.8 Å². The first-order chi connectivity index (χ1) is 11.9. The lowest BCUT2D eigenvalue weighted by Gasteiger charge is -2.24. The molecule has 0 aromatic heterocycles. The number of hydrogen-bond acceptors (Lipinski definition) is 5. The van der Waals surface area contributed by atoms with Crippen LogP contribution in [0, 0.1) is 20.2 Å². The Morgan fingerprint density at radius 1 is 1.04 bits per heavy atom. The molecule has 0 unspecified atom stereocenters. The van der Waals surface area contributed by atoms with E-state index < -0.39 is 38.6 Å². The Labute approximate surface area is 161 Å². The van der Waals surface area contributed by atoms with Gasteiger partial charge in [0.25, 0.3) is 11.4 Å². The van der Waals surface area contributed by atoms with E-state index in [9.17, 15) is 33.4 Å². The van der Waals surface area contributed by atoms with Gasteiger partial charge in [-0.2, -0.15) is 13.2 Å². The smallest absolute Gasteiger partial charge is 0.338 e. The van der Waals surface area contributed by atoms with Crippen molar-refractivity contribution in [1.82, 2.24) is 0 Å². The van der Waals surface area contributed by atoms with Gasteiger partial charge in [0, 0.05) is 22.1 Å². The van der Waals surface area contributed by atoms with Crippen LogP contribution in [0.15, 0.2) is 39.3 Å². The minimum Gasteiger partial charge on any atom is -0.338 e. The fourth-order valence-electron chi connectivity index (χ4n) is 2.29. The molecule has 0 aliphatic carbocycles. The number of hydrogen-bond donors (Lipinski definition) is 0. The van der Waals surface area contributed by atoms with E-state index in [4.69, 9.17) is 0 Å². The van der Waals surface area contributed by atoms with E-state index in [0.717, 1.165) is 4.90 Å². The molecule has 26 heavy (non-hydrogen) atoms. The summed E-state index contributed by atoms with van der Waals surface area (Å²) in [6.45, 7) is 0. The van der Waals surface area contributed by atoms with Crippen molar-refractivity contribution in [2.45, 2.75) is 6.18 Å². The lowest BCUT2D eigenvalue weighted by molar-refractivity contribution is -0.394. The second-order valence-corrected chi connectivity index (χ2v) is 6.80. The molecule has 0 spiro atoms. The lowest BCUT2D eigenvalue weighted by Crippen LogP contribution is -2.19. The number of non-ortho nitro benzene ring substituents is 1. The molecule has 0 atom stereocenters. The minimum absolute atomic E-state index is 0.204. The zero-order valence-corrected chi connectivity index (χ0v) is 15.9. The number of nitro groups is 2. The third-order valence-electron chi connectivity index (χ3n) is 3.39. The fraction of sp³-hybridized carbons (Fsp3) is 0.143. The van der Waals surface area contributed by atoms with E-state index >= 15 is 0 Å². The van der Waals surface area contributed by atoms with Crippen molar-refractivity contribution in [3.05, 3.63) is 65.1 Å². The molecule has 0 N–H and O–H groups in total. The van der Waals surface area contributed by atoms with E-state index in [0.29, 0.717) is 15.0 Å². The largest absolute Gasteiger partial charge is 0.418 e. The van der Waals surface area contributed by atoms with Crippen molar-refractivity contribution >= 4 is 54.6 Å². The molecule has 0 heterocycles. The monoisotopic (exact) mass is 497 g/mol. The Balaban J connectivity index is 2.84. The average molecular weight is 499 g/mol. The normalized spacial score (nSPS) is 11.3. The Morgan fingerprint density at radius 3 is 2.12 bits per heavy atom. The molecule has 12 heteroatoms. The average Bonchev–Trinajstić information content (AvgIpc) is 2.52. The zero-order valence-electron chi connectivity index (χ0n) is 12.8. The quantitative estimate of drug-likeness (QED) is 0.391. The molecule has 7 nitrogen and oxygen atoms in total. The van der Waals surface area contributed by atoms with Crippen LogP contribution in [0.2, 0.25) is 0 Å². The third-order valence-corrected chi connectivity index (χ3v) is 4.52. The zero-order chi connectivity index (χ0) is 19.8. The molecular weight excluding hydrogens is 491 g/mol. The minimum atomic E-state index is -5.04. The summed E-state index contributed by atoms with van der Waals surface area (Å²) in [5.41, 5.74) is -4.11. The summed E-state index contributed by atoms with van der Waals surface area (Å²) < 4.78 is 41.5. The number of anilines is 2. The van der Waals surface area contributed by atoms with Gasteiger partial charge in [-0.15, -0.1) is 0 Å². The summed E-state index contributed by atoms with van der Waals surface area (Å²) >= 11 is 6.39. The van der Waals surface area contributed by atoms with Gasteiger partial charge in [0.15, 0.2) is 0 Å². The molecule has 0 aliphatic heterocycles. The molecule has 0 aliphatic rings. The fourth-order valence-corrected chi connectivity index (χ4v) is 3.60. The number of nitrogens with zero attached hydrogens (tertiary/aromatic N) is 3. The topological polar surface area (TPSA) is 89.5 Å². The first-order valence-electron chi connectivity index (χ1n) is 6.66. The third kappa shape index (κ3) is 3.96. The second kappa shape index (κ2) is 7.19. The molecule has 2 rings (SSSR count). The van der Waals surface area contributed by atoms with E-state index in [1.807, 2.05) is 0 Å². The second-order valence-electron chi connectivity index (χ2n) is 5.03. The molecule has 2 aromatic rings. The summed E-state index contributed by atoms with van der Waals surface area (Å²) in [5.74, 6) is 0. The highest BCUT2D eigenvalue weighted by molar-refractivity contribution is 9.11. The molecule has 138 valence electrons. The molecule has 0 saturated carbocycles. The first kappa shape index (κ1) is 20.1. The number of alkyl halides is 3. The van der Waals surface area contributed by atoms with Crippen molar-refractivity contribution < 1.29 is 23.0 Å². The van der Waals surface area contributed by atoms with E-state index in [1.165, 1.54) is 13.1 Å². The van der Waals surface area contributed by atoms with Crippen LogP contribution in [0.1, 0.15) is 5.56 Å². The van der Waals surface area contributed by atoms with Crippen molar-refractivity contribution in [1.29, 1.82) is 0 Å². The van der Waals surface area contributed by atoms with Crippen LogP contribution in [0.4, 0.5) is 35.9 Å². The Morgan fingerprint density at radius 2 is 1.65 bits per heavy atom. The maximum Gasteiger partial charge on any atom is 0.418 e. The van der Waals surface area contributed by atoms with E-state index in [2.05, 4.69) is 31.9 Å². The van der Waals surface area contributed by atoms with Crippen LogP contribution < -0.4 is 4.90 Å². The van der Waals surface area contributed by atoms with Gasteiger partial charge in [-0.3, -0.25) is 20.2 Å². The molecule has 0 radical (unpaired) electrons. The van der Waals surface area contributed by atoms with Crippen molar-refractivity contribution in [3.63, 3.8) is 0 Å². The van der Waals surface area contributed by atoms with Gasteiger partial charge in [-0.1, -0.05) is 15.9 Å². The van der Waals surface area contributed by atoms with Crippen LogP contribution in [-0.2, 0) is 6.18 Å².